The fourth-order valence-corrected chi connectivity index (χ4v) is 0.581. The van der Waals surface area contributed by atoms with Crippen molar-refractivity contribution in [3.63, 3.8) is 0 Å². The van der Waals surface area contributed by atoms with E-state index in [1.807, 2.05) is 12.5 Å². The van der Waals surface area contributed by atoms with Crippen LogP contribution in [0.25, 0.3) is 0 Å². The lowest BCUT2D eigenvalue weighted by atomic mass is 10.2. The van der Waals surface area contributed by atoms with Gasteiger partial charge in [0.2, 0.25) is 0 Å². The number of hydrogen-bond acceptors (Lipinski definition) is 2. The summed E-state index contributed by atoms with van der Waals surface area (Å²) >= 11 is 1.75. The third-order valence-electron chi connectivity index (χ3n) is 1.02. The van der Waals surface area contributed by atoms with Gasteiger partial charge in [-0.3, -0.25) is 4.70 Å². The van der Waals surface area contributed by atoms with Gasteiger partial charge < -0.3 is 5.11 Å². The van der Waals surface area contributed by atoms with E-state index in [1.165, 1.54) is 0 Å². The van der Waals surface area contributed by atoms with Crippen molar-refractivity contribution in [2.24, 2.45) is 0 Å². The van der Waals surface area contributed by atoms with Gasteiger partial charge in [0.05, 0.1) is 5.56 Å². The summed E-state index contributed by atoms with van der Waals surface area (Å²) in [4.78, 5) is 10.2. The van der Waals surface area contributed by atoms with Crippen LogP contribution in [0.3, 0.4) is 0 Å². The van der Waals surface area contributed by atoms with Crippen LogP contribution in [-0.4, -0.2) is 23.6 Å². The molecule has 0 aliphatic rings. The van der Waals surface area contributed by atoms with Gasteiger partial charge >= 0.3 is 5.97 Å². The van der Waals surface area contributed by atoms with Crippen LogP contribution < -0.4 is 0 Å². The standard InChI is InChI=1S/C7H6O2.C2H6S.FH/c8-7(9)6-4-2-1-3-5-6;1-3-2;/h1-5H,(H,8,9);1-2H3;1H. The Balaban J connectivity index is 0. The highest BCUT2D eigenvalue weighted by molar-refractivity contribution is 7.97. The Labute approximate surface area is 81.3 Å². The molecular weight excluding hydrogens is 191 g/mol. The molecule has 0 heterocycles. The molecular formula is C9H13FO2S. The Morgan fingerprint density at radius 2 is 1.62 bits per heavy atom. The average molecular weight is 204 g/mol. The zero-order chi connectivity index (χ0) is 9.40. The van der Waals surface area contributed by atoms with Gasteiger partial charge in [-0.05, 0) is 24.6 Å². The lowest BCUT2D eigenvalue weighted by Gasteiger charge is -1.88. The number of hydrogen-bond donors (Lipinski definition) is 1. The van der Waals surface area contributed by atoms with E-state index in [1.54, 1.807) is 42.1 Å². The van der Waals surface area contributed by atoms with E-state index < -0.39 is 5.97 Å². The van der Waals surface area contributed by atoms with Gasteiger partial charge in [-0.15, -0.1) is 0 Å². The van der Waals surface area contributed by atoms with Crippen molar-refractivity contribution in [3.05, 3.63) is 35.9 Å². The summed E-state index contributed by atoms with van der Waals surface area (Å²) in [6, 6.07) is 8.30. The van der Waals surface area contributed by atoms with E-state index in [4.69, 9.17) is 5.11 Å². The minimum absolute atomic E-state index is 0. The van der Waals surface area contributed by atoms with Crippen molar-refractivity contribution >= 4 is 17.7 Å². The van der Waals surface area contributed by atoms with Gasteiger partial charge in [-0.25, -0.2) is 4.79 Å². The fourth-order valence-electron chi connectivity index (χ4n) is 0.581. The summed E-state index contributed by atoms with van der Waals surface area (Å²) in [6.45, 7) is 0. The van der Waals surface area contributed by atoms with Crippen molar-refractivity contribution in [2.45, 2.75) is 0 Å². The van der Waals surface area contributed by atoms with Crippen LogP contribution >= 0.6 is 11.8 Å². The van der Waals surface area contributed by atoms with Crippen molar-refractivity contribution < 1.29 is 14.6 Å². The highest BCUT2D eigenvalue weighted by Gasteiger charge is 1.96. The molecule has 0 atom stereocenters. The molecule has 0 aliphatic carbocycles. The zero-order valence-corrected chi connectivity index (χ0v) is 8.38. The zero-order valence-electron chi connectivity index (χ0n) is 7.56. The molecule has 0 aromatic heterocycles. The minimum Gasteiger partial charge on any atom is -0.478 e. The van der Waals surface area contributed by atoms with Gasteiger partial charge in [-0.2, -0.15) is 11.8 Å². The Morgan fingerprint density at radius 3 is 1.85 bits per heavy atom. The summed E-state index contributed by atoms with van der Waals surface area (Å²) in [5.74, 6) is -0.879. The second kappa shape index (κ2) is 9.06. The molecule has 1 rings (SSSR count). The summed E-state index contributed by atoms with van der Waals surface area (Å²) in [5.41, 5.74) is 0.331. The average Bonchev–Trinajstić information content (AvgIpc) is 2.07. The quantitative estimate of drug-likeness (QED) is 0.763. The van der Waals surface area contributed by atoms with Crippen LogP contribution in [0.15, 0.2) is 30.3 Å². The molecule has 0 saturated heterocycles. The van der Waals surface area contributed by atoms with Crippen molar-refractivity contribution in [2.75, 3.05) is 12.5 Å². The first-order valence-corrected chi connectivity index (χ1v) is 5.04. The van der Waals surface area contributed by atoms with Crippen LogP contribution in [-0.2, 0) is 0 Å². The molecule has 0 amide bonds. The summed E-state index contributed by atoms with van der Waals surface area (Å²) in [5, 5.41) is 8.38. The summed E-state index contributed by atoms with van der Waals surface area (Å²) in [7, 11) is 0. The normalized spacial score (nSPS) is 7.54. The monoisotopic (exact) mass is 204 g/mol. The summed E-state index contributed by atoms with van der Waals surface area (Å²) in [6.07, 6.45) is 4.08. The third-order valence-corrected chi connectivity index (χ3v) is 1.02. The molecule has 0 spiro atoms. The molecule has 74 valence electrons. The molecule has 0 aliphatic heterocycles. The molecule has 0 radical (unpaired) electrons. The number of rotatable bonds is 1. The molecule has 1 aromatic carbocycles. The molecule has 4 heteroatoms. The maximum atomic E-state index is 10.2. The second-order valence-corrected chi connectivity index (χ2v) is 2.90. The Kier molecular flexibility index (Phi) is 10.1. The molecule has 0 saturated carbocycles. The Morgan fingerprint density at radius 1 is 1.23 bits per heavy atom. The lowest BCUT2D eigenvalue weighted by Crippen LogP contribution is -1.93. The number of halogens is 1. The number of thioether (sulfide) groups is 1. The summed E-state index contributed by atoms with van der Waals surface area (Å²) < 4.78 is 0. The van der Waals surface area contributed by atoms with E-state index in [0.29, 0.717) is 5.56 Å². The minimum atomic E-state index is -0.879. The van der Waals surface area contributed by atoms with Gasteiger partial charge in [-0.1, -0.05) is 18.2 Å². The van der Waals surface area contributed by atoms with E-state index in [0.717, 1.165) is 0 Å². The molecule has 1 N–H and O–H groups in total. The highest BCUT2D eigenvalue weighted by atomic mass is 32.2. The first-order chi connectivity index (χ1) is 5.72. The van der Waals surface area contributed by atoms with Crippen molar-refractivity contribution in [3.8, 4) is 0 Å². The van der Waals surface area contributed by atoms with Crippen LogP contribution in [0.1, 0.15) is 10.4 Å². The van der Waals surface area contributed by atoms with Gasteiger partial charge in [0.15, 0.2) is 0 Å². The SMILES string of the molecule is CSC.F.O=C(O)c1ccccc1. The number of benzene rings is 1. The van der Waals surface area contributed by atoms with Crippen molar-refractivity contribution in [1.82, 2.24) is 0 Å². The number of carbonyl (C=O) groups is 1. The molecule has 0 bridgehead atoms. The van der Waals surface area contributed by atoms with Gasteiger partial charge in [0.25, 0.3) is 0 Å². The largest absolute Gasteiger partial charge is 0.478 e. The highest BCUT2D eigenvalue weighted by Crippen LogP contribution is 1.96. The fraction of sp³-hybridized carbons (Fsp3) is 0.222. The predicted molar refractivity (Wildman–Crippen MR) is 55.3 cm³/mol. The van der Waals surface area contributed by atoms with Crippen molar-refractivity contribution in [1.29, 1.82) is 0 Å². The first kappa shape index (κ1) is 14.5. The molecule has 1 aromatic rings. The van der Waals surface area contributed by atoms with Gasteiger partial charge in [0, 0.05) is 0 Å². The third kappa shape index (κ3) is 7.33. The van der Waals surface area contributed by atoms with E-state index >= 15 is 0 Å². The van der Waals surface area contributed by atoms with Gasteiger partial charge in [0.1, 0.15) is 0 Å². The van der Waals surface area contributed by atoms with E-state index in [2.05, 4.69) is 0 Å². The Hall–Kier alpha value is -1.03. The molecule has 0 unspecified atom stereocenters. The van der Waals surface area contributed by atoms with E-state index in [9.17, 15) is 4.79 Å². The number of aromatic carboxylic acids is 1. The maximum absolute atomic E-state index is 10.2. The van der Waals surface area contributed by atoms with Crippen LogP contribution in [0, 0.1) is 0 Å². The second-order valence-electron chi connectivity index (χ2n) is 2.08. The predicted octanol–water partition coefficient (Wildman–Crippen LogP) is 2.52. The smallest absolute Gasteiger partial charge is 0.335 e. The maximum Gasteiger partial charge on any atom is 0.335 e. The first-order valence-electron chi connectivity index (χ1n) is 3.40. The topological polar surface area (TPSA) is 37.3 Å². The van der Waals surface area contributed by atoms with Crippen LogP contribution in [0.2, 0.25) is 0 Å². The van der Waals surface area contributed by atoms with Crippen LogP contribution in [0.4, 0.5) is 4.70 Å². The van der Waals surface area contributed by atoms with E-state index in [-0.39, 0.29) is 4.70 Å². The van der Waals surface area contributed by atoms with Crippen LogP contribution in [0.5, 0.6) is 0 Å². The Bertz CT molecular complexity index is 226. The number of carboxylic acids is 1. The molecule has 2 nitrogen and oxygen atoms in total. The lowest BCUT2D eigenvalue weighted by molar-refractivity contribution is 0.0697. The molecule has 0 fully saturated rings. The number of carboxylic acid groups (broad SMARTS) is 1. The molecule has 13 heavy (non-hydrogen) atoms.